The standard InChI is InChI=1S/C16H28N2/c1-5-6-7-12-18(4)13-16(2,3)14-8-10-15(17)11-9-14/h8-11H,5-7,12-13,17H2,1-4H3. The van der Waals surface area contributed by atoms with Gasteiger partial charge in [0.1, 0.15) is 0 Å². The number of unbranched alkanes of at least 4 members (excludes halogenated alkanes) is 2. The Morgan fingerprint density at radius 3 is 2.28 bits per heavy atom. The maximum Gasteiger partial charge on any atom is 0.0314 e. The third-order valence-electron chi connectivity index (χ3n) is 3.50. The molecule has 2 N–H and O–H groups in total. The number of benzene rings is 1. The van der Waals surface area contributed by atoms with Crippen molar-refractivity contribution in [2.75, 3.05) is 25.9 Å². The van der Waals surface area contributed by atoms with Crippen LogP contribution < -0.4 is 5.73 Å². The van der Waals surface area contributed by atoms with Crippen LogP contribution in [0.4, 0.5) is 5.69 Å². The molecule has 0 heterocycles. The van der Waals surface area contributed by atoms with Crippen molar-refractivity contribution in [3.05, 3.63) is 29.8 Å². The van der Waals surface area contributed by atoms with Crippen molar-refractivity contribution in [1.29, 1.82) is 0 Å². The van der Waals surface area contributed by atoms with E-state index in [0.717, 1.165) is 12.2 Å². The summed E-state index contributed by atoms with van der Waals surface area (Å²) in [5, 5.41) is 0. The van der Waals surface area contributed by atoms with Gasteiger partial charge in [-0.1, -0.05) is 45.7 Å². The highest BCUT2D eigenvalue weighted by molar-refractivity contribution is 5.41. The maximum atomic E-state index is 5.74. The highest BCUT2D eigenvalue weighted by Crippen LogP contribution is 2.24. The molecule has 102 valence electrons. The lowest BCUT2D eigenvalue weighted by atomic mass is 9.84. The largest absolute Gasteiger partial charge is 0.399 e. The summed E-state index contributed by atoms with van der Waals surface area (Å²) in [7, 11) is 2.22. The quantitative estimate of drug-likeness (QED) is 0.589. The van der Waals surface area contributed by atoms with Crippen molar-refractivity contribution in [2.45, 2.75) is 45.4 Å². The molecule has 0 spiro atoms. The predicted octanol–water partition coefficient (Wildman–Crippen LogP) is 3.67. The SMILES string of the molecule is CCCCCN(C)CC(C)(C)c1ccc(N)cc1. The Hall–Kier alpha value is -1.02. The van der Waals surface area contributed by atoms with Gasteiger partial charge in [-0.3, -0.25) is 0 Å². The summed E-state index contributed by atoms with van der Waals surface area (Å²) >= 11 is 0. The summed E-state index contributed by atoms with van der Waals surface area (Å²) < 4.78 is 0. The van der Waals surface area contributed by atoms with Gasteiger partial charge in [0.05, 0.1) is 0 Å². The zero-order valence-corrected chi connectivity index (χ0v) is 12.4. The molecular formula is C16H28N2. The Bertz CT molecular complexity index is 341. The smallest absolute Gasteiger partial charge is 0.0314 e. The Balaban J connectivity index is 2.55. The minimum Gasteiger partial charge on any atom is -0.399 e. The highest BCUT2D eigenvalue weighted by atomic mass is 15.1. The zero-order valence-electron chi connectivity index (χ0n) is 12.4. The lowest BCUT2D eigenvalue weighted by Crippen LogP contribution is -2.35. The number of hydrogen-bond donors (Lipinski definition) is 1. The van der Waals surface area contributed by atoms with E-state index in [1.807, 2.05) is 12.1 Å². The highest BCUT2D eigenvalue weighted by Gasteiger charge is 2.22. The molecule has 0 unspecified atom stereocenters. The fourth-order valence-corrected chi connectivity index (χ4v) is 2.41. The maximum absolute atomic E-state index is 5.74. The molecule has 1 aromatic rings. The van der Waals surface area contributed by atoms with E-state index >= 15 is 0 Å². The first-order chi connectivity index (χ1) is 8.45. The van der Waals surface area contributed by atoms with E-state index in [0.29, 0.717) is 0 Å². The van der Waals surface area contributed by atoms with Crippen molar-refractivity contribution in [1.82, 2.24) is 4.90 Å². The summed E-state index contributed by atoms with van der Waals surface area (Å²) in [6.07, 6.45) is 3.91. The number of likely N-dealkylation sites (N-methyl/N-ethyl adjacent to an activating group) is 1. The van der Waals surface area contributed by atoms with Crippen LogP contribution in [0.2, 0.25) is 0 Å². The molecule has 0 saturated carbocycles. The third kappa shape index (κ3) is 4.69. The molecule has 0 bridgehead atoms. The fourth-order valence-electron chi connectivity index (χ4n) is 2.41. The molecule has 2 nitrogen and oxygen atoms in total. The number of hydrogen-bond acceptors (Lipinski definition) is 2. The van der Waals surface area contributed by atoms with Crippen molar-refractivity contribution >= 4 is 5.69 Å². The molecule has 0 fully saturated rings. The first-order valence-corrected chi connectivity index (χ1v) is 7.00. The van der Waals surface area contributed by atoms with Gasteiger partial charge in [-0.15, -0.1) is 0 Å². The molecule has 0 aliphatic heterocycles. The van der Waals surface area contributed by atoms with Crippen LogP contribution in [0.15, 0.2) is 24.3 Å². The number of anilines is 1. The van der Waals surface area contributed by atoms with Crippen LogP contribution in [-0.4, -0.2) is 25.0 Å². The molecule has 0 atom stereocenters. The minimum atomic E-state index is 0.175. The monoisotopic (exact) mass is 248 g/mol. The molecule has 0 amide bonds. The van der Waals surface area contributed by atoms with E-state index in [2.05, 4.69) is 44.9 Å². The van der Waals surface area contributed by atoms with Crippen molar-refractivity contribution in [3.63, 3.8) is 0 Å². The summed E-state index contributed by atoms with van der Waals surface area (Å²) in [5.41, 5.74) is 8.12. The molecule has 2 heteroatoms. The fraction of sp³-hybridized carbons (Fsp3) is 0.625. The number of nitrogens with zero attached hydrogens (tertiary/aromatic N) is 1. The van der Waals surface area contributed by atoms with E-state index in [1.165, 1.54) is 31.4 Å². The van der Waals surface area contributed by atoms with E-state index < -0.39 is 0 Å². The van der Waals surface area contributed by atoms with Crippen LogP contribution in [0.25, 0.3) is 0 Å². The molecule has 18 heavy (non-hydrogen) atoms. The van der Waals surface area contributed by atoms with Gasteiger partial charge in [0.25, 0.3) is 0 Å². The van der Waals surface area contributed by atoms with Gasteiger partial charge in [-0.25, -0.2) is 0 Å². The summed E-state index contributed by atoms with van der Waals surface area (Å²) in [6, 6.07) is 8.28. The number of rotatable bonds is 7. The normalized spacial score (nSPS) is 12.1. The van der Waals surface area contributed by atoms with Gasteiger partial charge < -0.3 is 10.6 Å². The Kier molecular flexibility index (Phi) is 5.67. The summed E-state index contributed by atoms with van der Waals surface area (Å²) in [6.45, 7) is 9.12. The molecule has 1 aromatic carbocycles. The van der Waals surface area contributed by atoms with Gasteiger partial charge in [0.15, 0.2) is 0 Å². The predicted molar refractivity (Wildman–Crippen MR) is 80.9 cm³/mol. The van der Waals surface area contributed by atoms with Gasteiger partial charge >= 0.3 is 0 Å². The average molecular weight is 248 g/mol. The summed E-state index contributed by atoms with van der Waals surface area (Å²) in [5.74, 6) is 0. The second-order valence-corrected chi connectivity index (χ2v) is 5.95. The van der Waals surface area contributed by atoms with Crippen LogP contribution in [0.5, 0.6) is 0 Å². The molecular weight excluding hydrogens is 220 g/mol. The Labute approximate surface area is 112 Å². The molecule has 0 saturated heterocycles. The minimum absolute atomic E-state index is 0.175. The molecule has 0 radical (unpaired) electrons. The zero-order chi connectivity index (χ0) is 13.6. The molecule has 0 aromatic heterocycles. The van der Waals surface area contributed by atoms with E-state index in [4.69, 9.17) is 5.73 Å². The Morgan fingerprint density at radius 1 is 1.11 bits per heavy atom. The van der Waals surface area contributed by atoms with Gasteiger partial charge in [-0.05, 0) is 37.7 Å². The van der Waals surface area contributed by atoms with Crippen molar-refractivity contribution in [3.8, 4) is 0 Å². The summed E-state index contributed by atoms with van der Waals surface area (Å²) in [4.78, 5) is 2.44. The van der Waals surface area contributed by atoms with Crippen molar-refractivity contribution in [2.24, 2.45) is 0 Å². The van der Waals surface area contributed by atoms with Gasteiger partial charge in [0, 0.05) is 17.6 Å². The average Bonchev–Trinajstić information content (AvgIpc) is 2.29. The van der Waals surface area contributed by atoms with Crippen LogP contribution in [0.1, 0.15) is 45.6 Å². The first-order valence-electron chi connectivity index (χ1n) is 7.00. The molecule has 0 aliphatic rings. The third-order valence-corrected chi connectivity index (χ3v) is 3.50. The lowest BCUT2D eigenvalue weighted by Gasteiger charge is -2.31. The second-order valence-electron chi connectivity index (χ2n) is 5.95. The van der Waals surface area contributed by atoms with Crippen LogP contribution in [-0.2, 0) is 5.41 Å². The second kappa shape index (κ2) is 6.79. The topological polar surface area (TPSA) is 29.3 Å². The van der Waals surface area contributed by atoms with Crippen molar-refractivity contribution < 1.29 is 0 Å². The number of nitrogens with two attached hydrogens (primary N) is 1. The van der Waals surface area contributed by atoms with Gasteiger partial charge in [0.2, 0.25) is 0 Å². The van der Waals surface area contributed by atoms with Crippen LogP contribution in [0, 0.1) is 0 Å². The Morgan fingerprint density at radius 2 is 1.72 bits per heavy atom. The van der Waals surface area contributed by atoms with E-state index in [1.54, 1.807) is 0 Å². The molecule has 1 rings (SSSR count). The lowest BCUT2D eigenvalue weighted by molar-refractivity contribution is 0.263. The van der Waals surface area contributed by atoms with Crippen LogP contribution in [0.3, 0.4) is 0 Å². The van der Waals surface area contributed by atoms with E-state index in [-0.39, 0.29) is 5.41 Å². The first kappa shape index (κ1) is 15.0. The van der Waals surface area contributed by atoms with Gasteiger partial charge in [-0.2, -0.15) is 0 Å². The molecule has 0 aliphatic carbocycles. The van der Waals surface area contributed by atoms with Crippen LogP contribution >= 0.6 is 0 Å². The number of nitrogen functional groups attached to an aromatic ring is 1. The van der Waals surface area contributed by atoms with E-state index in [9.17, 15) is 0 Å².